The van der Waals surface area contributed by atoms with Gasteiger partial charge in [-0.15, -0.1) is 0 Å². The number of nitrogens with zero attached hydrogens (tertiary/aromatic N) is 1. The second kappa shape index (κ2) is 6.40. The van der Waals surface area contributed by atoms with E-state index in [0.29, 0.717) is 0 Å². The van der Waals surface area contributed by atoms with E-state index in [2.05, 4.69) is 23.1 Å². The molecule has 1 saturated heterocycles. The molecule has 0 bridgehead atoms. The lowest BCUT2D eigenvalue weighted by Gasteiger charge is -2.19. The standard InChI is InChI=1S/C19H19NO/c21-19(17-9-2-1-3-10-17)13-12-16-8-4-5-11-18(16)20-14-6-7-15-20/h1-5,8-13H,6-7,14-15H2. The Hall–Kier alpha value is -2.35. The van der Waals surface area contributed by atoms with Crippen LogP contribution >= 0.6 is 0 Å². The lowest BCUT2D eigenvalue weighted by atomic mass is 10.1. The summed E-state index contributed by atoms with van der Waals surface area (Å²) in [6.45, 7) is 2.22. The molecule has 1 fully saturated rings. The first-order valence-corrected chi connectivity index (χ1v) is 7.46. The SMILES string of the molecule is O=C(C=Cc1ccccc1N1CCCC1)c1ccccc1. The lowest BCUT2D eigenvalue weighted by Crippen LogP contribution is -2.18. The molecular formula is C19H19NO. The van der Waals surface area contributed by atoms with Crippen molar-refractivity contribution in [2.24, 2.45) is 0 Å². The highest BCUT2D eigenvalue weighted by molar-refractivity contribution is 6.07. The Bertz CT molecular complexity index is 640. The van der Waals surface area contributed by atoms with Crippen molar-refractivity contribution in [3.05, 3.63) is 71.8 Å². The maximum atomic E-state index is 12.2. The molecule has 3 rings (SSSR count). The highest BCUT2D eigenvalue weighted by atomic mass is 16.1. The molecule has 0 amide bonds. The van der Waals surface area contributed by atoms with Crippen molar-refractivity contribution in [3.8, 4) is 0 Å². The maximum absolute atomic E-state index is 12.2. The summed E-state index contributed by atoms with van der Waals surface area (Å²) in [4.78, 5) is 14.5. The van der Waals surface area contributed by atoms with Gasteiger partial charge in [0.15, 0.2) is 5.78 Å². The topological polar surface area (TPSA) is 20.3 Å². The predicted molar refractivity (Wildman–Crippen MR) is 87.7 cm³/mol. The summed E-state index contributed by atoms with van der Waals surface area (Å²) >= 11 is 0. The van der Waals surface area contributed by atoms with E-state index in [0.717, 1.165) is 24.2 Å². The molecule has 2 heteroatoms. The number of hydrogen-bond acceptors (Lipinski definition) is 2. The Morgan fingerprint density at radius 3 is 2.33 bits per heavy atom. The van der Waals surface area contributed by atoms with E-state index in [4.69, 9.17) is 0 Å². The molecule has 0 N–H and O–H groups in total. The second-order valence-corrected chi connectivity index (χ2v) is 5.32. The van der Waals surface area contributed by atoms with E-state index in [9.17, 15) is 4.79 Å². The Kier molecular flexibility index (Phi) is 4.15. The monoisotopic (exact) mass is 277 g/mol. The first kappa shape index (κ1) is 13.6. The van der Waals surface area contributed by atoms with Crippen LogP contribution in [0.5, 0.6) is 0 Å². The molecule has 1 aliphatic rings. The van der Waals surface area contributed by atoms with Gasteiger partial charge in [0.25, 0.3) is 0 Å². The van der Waals surface area contributed by atoms with E-state index in [-0.39, 0.29) is 5.78 Å². The molecule has 2 aromatic carbocycles. The van der Waals surface area contributed by atoms with Gasteiger partial charge in [0.2, 0.25) is 0 Å². The number of carbonyl (C=O) groups is 1. The summed E-state index contributed by atoms with van der Waals surface area (Å²) in [6.07, 6.45) is 6.11. The summed E-state index contributed by atoms with van der Waals surface area (Å²) < 4.78 is 0. The van der Waals surface area contributed by atoms with Gasteiger partial charge in [0.05, 0.1) is 0 Å². The molecule has 21 heavy (non-hydrogen) atoms. The van der Waals surface area contributed by atoms with Gasteiger partial charge in [0.1, 0.15) is 0 Å². The fourth-order valence-corrected chi connectivity index (χ4v) is 2.74. The Balaban J connectivity index is 1.81. The number of allylic oxidation sites excluding steroid dienone is 1. The average molecular weight is 277 g/mol. The zero-order chi connectivity index (χ0) is 14.5. The van der Waals surface area contributed by atoms with Crippen molar-refractivity contribution < 1.29 is 4.79 Å². The second-order valence-electron chi connectivity index (χ2n) is 5.32. The number of para-hydroxylation sites is 1. The molecule has 0 spiro atoms. The van der Waals surface area contributed by atoms with Gasteiger partial charge < -0.3 is 4.90 Å². The van der Waals surface area contributed by atoms with Gasteiger partial charge in [0, 0.05) is 24.3 Å². The first-order chi connectivity index (χ1) is 10.3. The van der Waals surface area contributed by atoms with Gasteiger partial charge in [-0.3, -0.25) is 4.79 Å². The number of anilines is 1. The molecule has 0 aliphatic carbocycles. The molecule has 0 saturated carbocycles. The first-order valence-electron chi connectivity index (χ1n) is 7.46. The quantitative estimate of drug-likeness (QED) is 0.617. The third-order valence-corrected chi connectivity index (χ3v) is 3.86. The molecule has 106 valence electrons. The molecule has 0 aromatic heterocycles. The fourth-order valence-electron chi connectivity index (χ4n) is 2.74. The zero-order valence-electron chi connectivity index (χ0n) is 12.0. The van der Waals surface area contributed by atoms with E-state index >= 15 is 0 Å². The molecule has 0 unspecified atom stereocenters. The minimum Gasteiger partial charge on any atom is -0.371 e. The van der Waals surface area contributed by atoms with Crippen molar-refractivity contribution in [1.82, 2.24) is 0 Å². The minimum absolute atomic E-state index is 0.0480. The van der Waals surface area contributed by atoms with E-state index < -0.39 is 0 Å². The summed E-state index contributed by atoms with van der Waals surface area (Å²) in [5, 5.41) is 0. The number of benzene rings is 2. The largest absolute Gasteiger partial charge is 0.371 e. The molecule has 1 aliphatic heterocycles. The number of ketones is 1. The van der Waals surface area contributed by atoms with Crippen molar-refractivity contribution in [1.29, 1.82) is 0 Å². The third-order valence-electron chi connectivity index (χ3n) is 3.86. The van der Waals surface area contributed by atoms with Crippen LogP contribution in [-0.4, -0.2) is 18.9 Å². The average Bonchev–Trinajstić information content (AvgIpc) is 3.08. The van der Waals surface area contributed by atoms with Crippen LogP contribution in [0.4, 0.5) is 5.69 Å². The zero-order valence-corrected chi connectivity index (χ0v) is 12.0. The van der Waals surface area contributed by atoms with E-state index in [1.165, 1.54) is 18.5 Å². The molecular weight excluding hydrogens is 258 g/mol. The van der Waals surface area contributed by atoms with Crippen molar-refractivity contribution in [2.75, 3.05) is 18.0 Å². The van der Waals surface area contributed by atoms with Gasteiger partial charge in [-0.25, -0.2) is 0 Å². The Morgan fingerprint density at radius 1 is 0.905 bits per heavy atom. The molecule has 2 aromatic rings. The van der Waals surface area contributed by atoms with Crippen LogP contribution in [0.2, 0.25) is 0 Å². The predicted octanol–water partition coefficient (Wildman–Crippen LogP) is 4.18. The maximum Gasteiger partial charge on any atom is 0.185 e. The number of hydrogen-bond donors (Lipinski definition) is 0. The van der Waals surface area contributed by atoms with Crippen molar-refractivity contribution in [3.63, 3.8) is 0 Å². The third kappa shape index (κ3) is 3.22. The Labute approximate surface area is 125 Å². The molecule has 0 radical (unpaired) electrons. The van der Waals surface area contributed by atoms with Crippen molar-refractivity contribution in [2.45, 2.75) is 12.8 Å². The molecule has 2 nitrogen and oxygen atoms in total. The van der Waals surface area contributed by atoms with Gasteiger partial charge in [-0.1, -0.05) is 48.5 Å². The van der Waals surface area contributed by atoms with Crippen LogP contribution in [-0.2, 0) is 0 Å². The lowest BCUT2D eigenvalue weighted by molar-refractivity contribution is 0.104. The highest BCUT2D eigenvalue weighted by Crippen LogP contribution is 2.25. The van der Waals surface area contributed by atoms with Crippen LogP contribution in [0.1, 0.15) is 28.8 Å². The smallest absolute Gasteiger partial charge is 0.185 e. The van der Waals surface area contributed by atoms with Crippen LogP contribution in [0.3, 0.4) is 0 Å². The minimum atomic E-state index is 0.0480. The van der Waals surface area contributed by atoms with Crippen LogP contribution in [0, 0.1) is 0 Å². The van der Waals surface area contributed by atoms with Crippen LogP contribution in [0.15, 0.2) is 60.7 Å². The number of carbonyl (C=O) groups excluding carboxylic acids is 1. The van der Waals surface area contributed by atoms with Crippen molar-refractivity contribution >= 4 is 17.5 Å². The van der Waals surface area contributed by atoms with Gasteiger partial charge in [-0.05, 0) is 36.6 Å². The normalized spacial score (nSPS) is 14.8. The highest BCUT2D eigenvalue weighted by Gasteiger charge is 2.14. The fraction of sp³-hybridized carbons (Fsp3) is 0.211. The van der Waals surface area contributed by atoms with E-state index in [1.54, 1.807) is 6.08 Å². The molecule has 1 heterocycles. The van der Waals surface area contributed by atoms with Crippen LogP contribution < -0.4 is 4.90 Å². The number of rotatable bonds is 4. The summed E-state index contributed by atoms with van der Waals surface area (Å²) in [7, 11) is 0. The van der Waals surface area contributed by atoms with Crippen LogP contribution in [0.25, 0.3) is 6.08 Å². The summed E-state index contributed by atoms with van der Waals surface area (Å²) in [5.74, 6) is 0.0480. The summed E-state index contributed by atoms with van der Waals surface area (Å²) in [6, 6.07) is 17.7. The van der Waals surface area contributed by atoms with Gasteiger partial charge in [-0.2, -0.15) is 0 Å². The summed E-state index contributed by atoms with van der Waals surface area (Å²) in [5.41, 5.74) is 3.07. The van der Waals surface area contributed by atoms with E-state index in [1.807, 2.05) is 42.5 Å². The van der Waals surface area contributed by atoms with Gasteiger partial charge >= 0.3 is 0 Å². The molecule has 0 atom stereocenters. The Morgan fingerprint density at radius 2 is 1.57 bits per heavy atom.